The summed E-state index contributed by atoms with van der Waals surface area (Å²) < 4.78 is 0. The summed E-state index contributed by atoms with van der Waals surface area (Å²) in [6.07, 6.45) is 0. The summed E-state index contributed by atoms with van der Waals surface area (Å²) in [5.74, 6) is 0.683. The lowest BCUT2D eigenvalue weighted by molar-refractivity contribution is -0.113. The van der Waals surface area contributed by atoms with E-state index in [0.717, 1.165) is 11.1 Å². The Bertz CT molecular complexity index is 896. The van der Waals surface area contributed by atoms with Crippen LogP contribution in [0.1, 0.15) is 5.56 Å². The zero-order valence-corrected chi connectivity index (χ0v) is 15.5. The minimum atomic E-state index is -0.145. The fourth-order valence-electron chi connectivity index (χ4n) is 2.11. The van der Waals surface area contributed by atoms with Crippen molar-refractivity contribution in [2.75, 3.05) is 11.1 Å². The number of thioether (sulfide) groups is 1. The van der Waals surface area contributed by atoms with Crippen molar-refractivity contribution < 1.29 is 4.79 Å². The van der Waals surface area contributed by atoms with E-state index in [0.29, 0.717) is 26.7 Å². The van der Waals surface area contributed by atoms with Crippen LogP contribution in [0.15, 0.2) is 47.6 Å². The summed E-state index contributed by atoms with van der Waals surface area (Å²) in [6.45, 7) is 1.86. The molecule has 128 valence electrons. The van der Waals surface area contributed by atoms with Crippen molar-refractivity contribution in [3.8, 4) is 11.4 Å². The highest BCUT2D eigenvalue weighted by Crippen LogP contribution is 2.24. The Morgan fingerprint density at radius 1 is 1.20 bits per heavy atom. The number of rotatable bonds is 5. The topological polar surface area (TPSA) is 70.7 Å². The van der Waals surface area contributed by atoms with E-state index in [1.54, 1.807) is 24.3 Å². The van der Waals surface area contributed by atoms with E-state index in [2.05, 4.69) is 20.5 Å². The summed E-state index contributed by atoms with van der Waals surface area (Å²) in [5, 5.41) is 11.6. The van der Waals surface area contributed by atoms with Crippen molar-refractivity contribution in [3.05, 3.63) is 58.1 Å². The second-order valence-corrected chi connectivity index (χ2v) is 7.01. The summed E-state index contributed by atoms with van der Waals surface area (Å²) in [7, 11) is 0. The average Bonchev–Trinajstić information content (AvgIpc) is 3.07. The molecule has 0 atom stereocenters. The first-order chi connectivity index (χ1) is 12.0. The molecule has 5 nitrogen and oxygen atoms in total. The van der Waals surface area contributed by atoms with Gasteiger partial charge in [-0.25, -0.2) is 4.98 Å². The third-order valence-electron chi connectivity index (χ3n) is 3.46. The number of aromatic nitrogens is 3. The highest BCUT2D eigenvalue weighted by molar-refractivity contribution is 7.99. The van der Waals surface area contributed by atoms with Gasteiger partial charge in [0, 0.05) is 21.3 Å². The number of halogens is 2. The molecule has 1 aromatic heterocycles. The molecular formula is C17H14Cl2N4OS. The van der Waals surface area contributed by atoms with Crippen LogP contribution in [0.25, 0.3) is 11.4 Å². The lowest BCUT2D eigenvalue weighted by Crippen LogP contribution is -2.15. The molecule has 3 aromatic rings. The van der Waals surface area contributed by atoms with Crippen LogP contribution in [-0.2, 0) is 4.79 Å². The van der Waals surface area contributed by atoms with Crippen LogP contribution >= 0.6 is 35.0 Å². The normalized spacial score (nSPS) is 10.7. The Balaban J connectivity index is 1.59. The lowest BCUT2D eigenvalue weighted by Gasteiger charge is -2.08. The van der Waals surface area contributed by atoms with E-state index in [-0.39, 0.29) is 11.7 Å². The zero-order valence-electron chi connectivity index (χ0n) is 13.2. The molecule has 8 heteroatoms. The summed E-state index contributed by atoms with van der Waals surface area (Å²) in [5.41, 5.74) is 2.42. The van der Waals surface area contributed by atoms with Crippen molar-refractivity contribution in [2.24, 2.45) is 0 Å². The molecule has 0 bridgehead atoms. The van der Waals surface area contributed by atoms with Gasteiger partial charge < -0.3 is 5.32 Å². The second-order valence-electron chi connectivity index (χ2n) is 5.22. The highest BCUT2D eigenvalue weighted by Gasteiger charge is 2.11. The van der Waals surface area contributed by atoms with Crippen LogP contribution in [0.5, 0.6) is 0 Å². The molecule has 0 unspecified atom stereocenters. The fourth-order valence-corrected chi connectivity index (χ4v) is 3.01. The van der Waals surface area contributed by atoms with E-state index < -0.39 is 0 Å². The number of hydrogen-bond donors (Lipinski definition) is 2. The Hall–Kier alpha value is -2.02. The van der Waals surface area contributed by atoms with Crippen LogP contribution in [0.3, 0.4) is 0 Å². The van der Waals surface area contributed by atoms with Crippen molar-refractivity contribution in [3.63, 3.8) is 0 Å². The smallest absolute Gasteiger partial charge is 0.234 e. The molecule has 0 saturated heterocycles. The van der Waals surface area contributed by atoms with Crippen molar-refractivity contribution in [2.45, 2.75) is 12.1 Å². The number of benzene rings is 2. The van der Waals surface area contributed by atoms with Crippen molar-refractivity contribution in [1.29, 1.82) is 0 Å². The largest absolute Gasteiger partial charge is 0.325 e. The van der Waals surface area contributed by atoms with Gasteiger partial charge in [0.25, 0.3) is 0 Å². The fraction of sp³-hybridized carbons (Fsp3) is 0.118. The van der Waals surface area contributed by atoms with Gasteiger partial charge in [-0.05, 0) is 48.9 Å². The molecule has 2 N–H and O–H groups in total. The molecule has 25 heavy (non-hydrogen) atoms. The molecule has 3 rings (SSSR count). The van der Waals surface area contributed by atoms with E-state index in [4.69, 9.17) is 23.2 Å². The number of hydrogen-bond acceptors (Lipinski definition) is 4. The summed E-state index contributed by atoms with van der Waals surface area (Å²) in [4.78, 5) is 16.5. The Morgan fingerprint density at radius 2 is 1.96 bits per heavy atom. The van der Waals surface area contributed by atoms with Crippen LogP contribution in [-0.4, -0.2) is 26.8 Å². The van der Waals surface area contributed by atoms with Gasteiger partial charge in [0.15, 0.2) is 5.82 Å². The highest BCUT2D eigenvalue weighted by atomic mass is 35.5. The molecule has 1 amide bonds. The molecule has 2 aromatic carbocycles. The van der Waals surface area contributed by atoms with Crippen LogP contribution < -0.4 is 5.32 Å². The molecule has 0 aliphatic rings. The van der Waals surface area contributed by atoms with Crippen LogP contribution in [0, 0.1) is 6.92 Å². The number of H-pyrrole nitrogens is 1. The number of nitrogens with one attached hydrogen (secondary N) is 2. The Morgan fingerprint density at radius 3 is 2.72 bits per heavy atom. The minimum absolute atomic E-state index is 0.145. The van der Waals surface area contributed by atoms with E-state index in [1.807, 2.05) is 25.1 Å². The minimum Gasteiger partial charge on any atom is -0.325 e. The maximum absolute atomic E-state index is 12.1. The molecule has 1 heterocycles. The summed E-state index contributed by atoms with van der Waals surface area (Å²) >= 11 is 13.2. The molecule has 0 radical (unpaired) electrons. The van der Waals surface area contributed by atoms with E-state index >= 15 is 0 Å². The van der Waals surface area contributed by atoms with Gasteiger partial charge in [0.1, 0.15) is 0 Å². The SMILES string of the molecule is Cc1c(Cl)cccc1NC(=O)CSc1n[nH]c(-c2ccc(Cl)cc2)n1. The first-order valence-corrected chi connectivity index (χ1v) is 9.13. The quantitative estimate of drug-likeness (QED) is 0.610. The molecule has 0 fully saturated rings. The average molecular weight is 393 g/mol. The maximum atomic E-state index is 12.1. The van der Waals surface area contributed by atoms with Gasteiger partial charge in [0.05, 0.1) is 5.75 Å². The standard InChI is InChI=1S/C17H14Cl2N4OS/c1-10-13(19)3-2-4-14(10)20-15(24)9-25-17-21-16(22-23-17)11-5-7-12(18)8-6-11/h2-8H,9H2,1H3,(H,20,24)(H,21,22,23). The molecule has 0 aliphatic heterocycles. The molecule has 0 spiro atoms. The molecular weight excluding hydrogens is 379 g/mol. The number of nitrogens with zero attached hydrogens (tertiary/aromatic N) is 2. The third kappa shape index (κ3) is 4.54. The van der Waals surface area contributed by atoms with Crippen molar-refractivity contribution in [1.82, 2.24) is 15.2 Å². The van der Waals surface area contributed by atoms with E-state index in [1.165, 1.54) is 11.8 Å². The molecule has 0 aliphatic carbocycles. The Kier molecular flexibility index (Phi) is 5.63. The van der Waals surface area contributed by atoms with Gasteiger partial charge in [-0.2, -0.15) is 0 Å². The second kappa shape index (κ2) is 7.91. The predicted molar refractivity (Wildman–Crippen MR) is 102 cm³/mol. The number of anilines is 1. The predicted octanol–water partition coefficient (Wildman–Crippen LogP) is 4.82. The number of aromatic amines is 1. The van der Waals surface area contributed by atoms with Gasteiger partial charge in [-0.15, -0.1) is 5.10 Å². The number of carbonyl (C=O) groups is 1. The maximum Gasteiger partial charge on any atom is 0.234 e. The van der Waals surface area contributed by atoms with Crippen LogP contribution in [0.2, 0.25) is 10.0 Å². The lowest BCUT2D eigenvalue weighted by atomic mass is 10.2. The van der Waals surface area contributed by atoms with Gasteiger partial charge in [-0.1, -0.05) is 41.0 Å². The first kappa shape index (κ1) is 17.8. The van der Waals surface area contributed by atoms with E-state index in [9.17, 15) is 4.79 Å². The first-order valence-electron chi connectivity index (χ1n) is 7.39. The van der Waals surface area contributed by atoms with Gasteiger partial charge >= 0.3 is 0 Å². The monoisotopic (exact) mass is 392 g/mol. The van der Waals surface area contributed by atoms with Gasteiger partial charge in [-0.3, -0.25) is 9.89 Å². The van der Waals surface area contributed by atoms with Gasteiger partial charge in [0.2, 0.25) is 11.1 Å². The number of carbonyl (C=O) groups excluding carboxylic acids is 1. The van der Waals surface area contributed by atoms with Crippen LogP contribution in [0.4, 0.5) is 5.69 Å². The molecule has 0 saturated carbocycles. The Labute approximate surface area is 159 Å². The third-order valence-corrected chi connectivity index (χ3v) is 4.97. The van der Waals surface area contributed by atoms with Crippen molar-refractivity contribution >= 4 is 46.6 Å². The zero-order chi connectivity index (χ0) is 17.8. The number of amides is 1. The summed E-state index contributed by atoms with van der Waals surface area (Å²) in [6, 6.07) is 12.7.